The molecule has 154 valence electrons. The minimum atomic E-state index is -1.58. The van der Waals surface area contributed by atoms with Crippen molar-refractivity contribution in [1.82, 2.24) is 0 Å². The molecule has 2 fully saturated rings. The summed E-state index contributed by atoms with van der Waals surface area (Å²) in [4.78, 5) is 12.0. The van der Waals surface area contributed by atoms with Crippen LogP contribution in [0.4, 0.5) is 0 Å². The zero-order valence-electron chi connectivity index (χ0n) is 15.0. The van der Waals surface area contributed by atoms with Crippen LogP contribution in [0.15, 0.2) is 11.8 Å². The van der Waals surface area contributed by atoms with Gasteiger partial charge in [-0.05, 0) is 12.3 Å². The maximum atomic E-state index is 12.0. The molecule has 0 bridgehead atoms. The standard InChI is InChI=1S/C17H26O10/c1-6-3-8(19)11-7(15(23)24-2)5-25-16(10(6)11)27-17-14(22)13(21)12(20)9(4-18)26-17/h5-6,8-14,16-22H,3-4H2,1-2H3/t6-,8?,9+,10+,11-,12+,13-,14+,16-,17-/m0/s1. The van der Waals surface area contributed by atoms with E-state index in [2.05, 4.69) is 0 Å². The molecule has 0 aromatic carbocycles. The number of carbonyl (C=O) groups excluding carboxylic acids is 1. The zero-order chi connectivity index (χ0) is 19.9. The minimum Gasteiger partial charge on any atom is -0.472 e. The molecule has 2 aliphatic heterocycles. The summed E-state index contributed by atoms with van der Waals surface area (Å²) >= 11 is 0. The molecule has 3 rings (SSSR count). The lowest BCUT2D eigenvalue weighted by Gasteiger charge is -2.43. The van der Waals surface area contributed by atoms with Gasteiger partial charge in [0, 0.05) is 11.8 Å². The fourth-order valence-electron chi connectivity index (χ4n) is 4.19. The third-order valence-electron chi connectivity index (χ3n) is 5.64. The van der Waals surface area contributed by atoms with Crippen molar-refractivity contribution < 1.29 is 49.3 Å². The summed E-state index contributed by atoms with van der Waals surface area (Å²) in [5.74, 6) is -1.68. The number of aliphatic hydroxyl groups excluding tert-OH is 5. The molecule has 5 N–H and O–H groups in total. The van der Waals surface area contributed by atoms with Crippen molar-refractivity contribution in [3.63, 3.8) is 0 Å². The predicted molar refractivity (Wildman–Crippen MR) is 86.6 cm³/mol. The Morgan fingerprint density at radius 2 is 1.89 bits per heavy atom. The maximum Gasteiger partial charge on any atom is 0.337 e. The van der Waals surface area contributed by atoms with Gasteiger partial charge in [-0.25, -0.2) is 4.79 Å². The van der Waals surface area contributed by atoms with Gasteiger partial charge in [-0.3, -0.25) is 0 Å². The van der Waals surface area contributed by atoms with Gasteiger partial charge in [0.05, 0.1) is 31.7 Å². The molecule has 10 heteroatoms. The minimum absolute atomic E-state index is 0.0757. The number of methoxy groups -OCH3 is 1. The Balaban J connectivity index is 1.80. The first kappa shape index (κ1) is 20.5. The van der Waals surface area contributed by atoms with Gasteiger partial charge in [0.2, 0.25) is 6.29 Å². The smallest absolute Gasteiger partial charge is 0.337 e. The van der Waals surface area contributed by atoms with E-state index in [9.17, 15) is 30.3 Å². The summed E-state index contributed by atoms with van der Waals surface area (Å²) in [7, 11) is 1.24. The number of aliphatic hydroxyl groups is 5. The van der Waals surface area contributed by atoms with Crippen molar-refractivity contribution in [2.75, 3.05) is 13.7 Å². The molecule has 1 unspecified atom stereocenters. The van der Waals surface area contributed by atoms with E-state index in [1.807, 2.05) is 6.92 Å². The van der Waals surface area contributed by atoms with Crippen LogP contribution >= 0.6 is 0 Å². The SMILES string of the molecule is COC(=O)C1=CO[C@@H](O[C@@H]2O[C@H](CO)[C@@H](O)[C@H](O)[C@H]2O)[C@@H]2[C@@H](C)CC(O)[C@H]12. The molecule has 1 saturated carbocycles. The van der Waals surface area contributed by atoms with Gasteiger partial charge in [-0.1, -0.05) is 6.92 Å². The van der Waals surface area contributed by atoms with E-state index in [-0.39, 0.29) is 11.5 Å². The van der Waals surface area contributed by atoms with E-state index < -0.39 is 67.5 Å². The second-order valence-corrected chi connectivity index (χ2v) is 7.29. The van der Waals surface area contributed by atoms with Crippen LogP contribution in [0.2, 0.25) is 0 Å². The third kappa shape index (κ3) is 3.58. The van der Waals surface area contributed by atoms with Crippen LogP contribution in [0.25, 0.3) is 0 Å². The molecule has 10 nitrogen and oxygen atoms in total. The van der Waals surface area contributed by atoms with Gasteiger partial charge in [0.25, 0.3) is 0 Å². The van der Waals surface area contributed by atoms with E-state index in [1.165, 1.54) is 13.4 Å². The van der Waals surface area contributed by atoms with Gasteiger partial charge in [0.15, 0.2) is 6.29 Å². The van der Waals surface area contributed by atoms with E-state index in [0.717, 1.165) is 0 Å². The Labute approximate surface area is 155 Å². The summed E-state index contributed by atoms with van der Waals surface area (Å²) in [6, 6.07) is 0. The van der Waals surface area contributed by atoms with Crippen LogP contribution in [0, 0.1) is 17.8 Å². The molecule has 0 aromatic heterocycles. The highest BCUT2D eigenvalue weighted by Crippen LogP contribution is 2.47. The third-order valence-corrected chi connectivity index (χ3v) is 5.64. The van der Waals surface area contributed by atoms with Crippen molar-refractivity contribution in [2.24, 2.45) is 17.8 Å². The molecule has 1 saturated heterocycles. The summed E-state index contributed by atoms with van der Waals surface area (Å²) in [6.07, 6.45) is -7.31. The van der Waals surface area contributed by atoms with Gasteiger partial charge in [0.1, 0.15) is 24.4 Å². The van der Waals surface area contributed by atoms with Gasteiger partial charge in [-0.2, -0.15) is 0 Å². The van der Waals surface area contributed by atoms with Crippen molar-refractivity contribution in [1.29, 1.82) is 0 Å². The van der Waals surface area contributed by atoms with Gasteiger partial charge < -0.3 is 44.5 Å². The number of hydrogen-bond donors (Lipinski definition) is 5. The van der Waals surface area contributed by atoms with Crippen LogP contribution < -0.4 is 0 Å². The number of esters is 1. The van der Waals surface area contributed by atoms with Crippen LogP contribution in [0.5, 0.6) is 0 Å². The van der Waals surface area contributed by atoms with Crippen LogP contribution in [0.3, 0.4) is 0 Å². The molecule has 27 heavy (non-hydrogen) atoms. The first-order chi connectivity index (χ1) is 12.8. The topological polar surface area (TPSA) is 155 Å². The lowest BCUT2D eigenvalue weighted by molar-refractivity contribution is -0.342. The summed E-state index contributed by atoms with van der Waals surface area (Å²) < 4.78 is 21.3. The van der Waals surface area contributed by atoms with Crippen molar-refractivity contribution in [3.05, 3.63) is 11.8 Å². The van der Waals surface area contributed by atoms with Crippen molar-refractivity contribution >= 4 is 5.97 Å². The summed E-state index contributed by atoms with van der Waals surface area (Å²) in [6.45, 7) is 1.30. The molecule has 0 amide bonds. The van der Waals surface area contributed by atoms with E-state index in [4.69, 9.17) is 18.9 Å². The first-order valence-corrected chi connectivity index (χ1v) is 8.88. The lowest BCUT2D eigenvalue weighted by atomic mass is 9.82. The largest absolute Gasteiger partial charge is 0.472 e. The average molecular weight is 390 g/mol. The Morgan fingerprint density at radius 1 is 1.19 bits per heavy atom. The Morgan fingerprint density at radius 3 is 2.52 bits per heavy atom. The molecule has 2 heterocycles. The van der Waals surface area contributed by atoms with Gasteiger partial charge in [-0.15, -0.1) is 0 Å². The highest BCUT2D eigenvalue weighted by atomic mass is 16.8. The van der Waals surface area contributed by atoms with Crippen LogP contribution in [-0.2, 0) is 23.7 Å². The molecule has 0 aromatic rings. The van der Waals surface area contributed by atoms with Gasteiger partial charge >= 0.3 is 5.97 Å². The highest BCUT2D eigenvalue weighted by Gasteiger charge is 2.53. The van der Waals surface area contributed by atoms with E-state index in [0.29, 0.717) is 6.42 Å². The lowest BCUT2D eigenvalue weighted by Crippen LogP contribution is -2.60. The van der Waals surface area contributed by atoms with E-state index in [1.54, 1.807) is 0 Å². The fraction of sp³-hybridized carbons (Fsp3) is 0.824. The second-order valence-electron chi connectivity index (χ2n) is 7.29. The molecule has 10 atom stereocenters. The molecule has 0 spiro atoms. The molecule has 1 aliphatic carbocycles. The Bertz CT molecular complexity index is 578. The average Bonchev–Trinajstić information content (AvgIpc) is 2.96. The molecular weight excluding hydrogens is 364 g/mol. The number of hydrogen-bond acceptors (Lipinski definition) is 10. The predicted octanol–water partition coefficient (Wildman–Crippen LogP) is -2.15. The van der Waals surface area contributed by atoms with Crippen LogP contribution in [0.1, 0.15) is 13.3 Å². The summed E-state index contributed by atoms with van der Waals surface area (Å²) in [5.41, 5.74) is 0.202. The number of rotatable bonds is 4. The molecular formula is C17H26O10. The quantitative estimate of drug-likeness (QED) is 0.336. The van der Waals surface area contributed by atoms with Crippen molar-refractivity contribution in [3.8, 4) is 0 Å². The first-order valence-electron chi connectivity index (χ1n) is 8.88. The fourth-order valence-corrected chi connectivity index (χ4v) is 4.19. The second kappa shape index (κ2) is 8.00. The van der Waals surface area contributed by atoms with E-state index >= 15 is 0 Å². The molecule has 0 radical (unpaired) electrons. The van der Waals surface area contributed by atoms with Crippen LogP contribution in [-0.4, -0.2) is 88.3 Å². The molecule has 3 aliphatic rings. The monoisotopic (exact) mass is 390 g/mol. The number of ether oxygens (including phenoxy) is 4. The van der Waals surface area contributed by atoms with Crippen molar-refractivity contribution in [2.45, 2.75) is 56.4 Å². The normalized spacial score (nSPS) is 47.0. The highest BCUT2D eigenvalue weighted by molar-refractivity contribution is 5.89. The maximum absolute atomic E-state index is 12.0. The Kier molecular flexibility index (Phi) is 6.06. The number of fused-ring (bicyclic) bond motifs is 1. The Hall–Kier alpha value is -1.27. The summed E-state index contributed by atoms with van der Waals surface area (Å²) in [5, 5.41) is 49.6. The zero-order valence-corrected chi connectivity index (χ0v) is 15.0. The number of carbonyl (C=O) groups is 1.